The summed E-state index contributed by atoms with van der Waals surface area (Å²) in [5.41, 5.74) is 4.36. The molecule has 0 bridgehead atoms. The molecular formula is C12H12ClNS. The highest BCUT2D eigenvalue weighted by Crippen LogP contribution is 2.26. The average Bonchev–Trinajstić information content (AvgIpc) is 2.18. The van der Waals surface area contributed by atoms with Gasteiger partial charge in [-0.25, -0.2) is 0 Å². The van der Waals surface area contributed by atoms with Crippen molar-refractivity contribution in [3.05, 3.63) is 40.0 Å². The van der Waals surface area contributed by atoms with E-state index in [2.05, 4.69) is 23.7 Å². The number of fused-ring (bicyclic) bond motifs is 1. The molecule has 0 fully saturated rings. The number of pyridine rings is 1. The Hall–Kier alpha value is -0.730. The molecule has 0 radical (unpaired) electrons. The number of benzene rings is 1. The molecule has 0 saturated heterocycles. The van der Waals surface area contributed by atoms with Crippen LogP contribution in [0.15, 0.2) is 18.2 Å². The van der Waals surface area contributed by atoms with Gasteiger partial charge in [0.2, 0.25) is 0 Å². The maximum absolute atomic E-state index is 6.04. The Morgan fingerprint density at radius 2 is 2.00 bits per heavy atom. The topological polar surface area (TPSA) is 12.9 Å². The molecule has 0 atom stereocenters. The molecule has 0 aliphatic carbocycles. The Labute approximate surface area is 99.9 Å². The Balaban J connectivity index is 2.89. The predicted molar refractivity (Wildman–Crippen MR) is 68.9 cm³/mol. The fourth-order valence-electron chi connectivity index (χ4n) is 1.80. The summed E-state index contributed by atoms with van der Waals surface area (Å²) in [4.78, 5) is 4.53. The number of halogens is 1. The largest absolute Gasteiger partial charge is 0.253 e. The van der Waals surface area contributed by atoms with Crippen LogP contribution in [0.5, 0.6) is 0 Å². The lowest BCUT2D eigenvalue weighted by Gasteiger charge is -2.08. The second kappa shape index (κ2) is 4.03. The van der Waals surface area contributed by atoms with Crippen molar-refractivity contribution < 1.29 is 0 Å². The van der Waals surface area contributed by atoms with Crippen molar-refractivity contribution in [2.75, 3.05) is 0 Å². The van der Waals surface area contributed by atoms with Gasteiger partial charge in [0.05, 0.1) is 5.52 Å². The van der Waals surface area contributed by atoms with E-state index >= 15 is 0 Å². The van der Waals surface area contributed by atoms with Crippen LogP contribution in [0.25, 0.3) is 10.9 Å². The summed E-state index contributed by atoms with van der Waals surface area (Å²) < 4.78 is 0. The first-order chi connectivity index (χ1) is 7.11. The first-order valence-electron chi connectivity index (χ1n) is 4.79. The molecule has 0 aliphatic rings. The van der Waals surface area contributed by atoms with Gasteiger partial charge in [0.15, 0.2) is 0 Å². The molecule has 3 heteroatoms. The van der Waals surface area contributed by atoms with Gasteiger partial charge in [-0.3, -0.25) is 4.98 Å². The van der Waals surface area contributed by atoms with Crippen LogP contribution >= 0.6 is 24.2 Å². The number of thiol groups is 1. The molecule has 0 aliphatic heterocycles. The van der Waals surface area contributed by atoms with E-state index in [4.69, 9.17) is 11.6 Å². The molecule has 1 aromatic carbocycles. The van der Waals surface area contributed by atoms with Gasteiger partial charge in [-0.2, -0.15) is 12.6 Å². The first kappa shape index (κ1) is 10.8. The van der Waals surface area contributed by atoms with Crippen molar-refractivity contribution in [1.29, 1.82) is 0 Å². The highest BCUT2D eigenvalue weighted by molar-refractivity contribution is 7.79. The first-order valence-corrected chi connectivity index (χ1v) is 5.80. The fraction of sp³-hybridized carbons (Fsp3) is 0.250. The Kier molecular flexibility index (Phi) is 2.89. The molecule has 0 saturated carbocycles. The predicted octanol–water partition coefficient (Wildman–Crippen LogP) is 3.93. The van der Waals surface area contributed by atoms with E-state index in [0.717, 1.165) is 27.2 Å². The summed E-state index contributed by atoms with van der Waals surface area (Å²) in [6, 6.07) is 5.96. The van der Waals surface area contributed by atoms with Gasteiger partial charge in [-0.1, -0.05) is 11.6 Å². The maximum Gasteiger partial charge on any atom is 0.0738 e. The van der Waals surface area contributed by atoms with Gasteiger partial charge < -0.3 is 0 Å². The zero-order valence-electron chi connectivity index (χ0n) is 8.71. The number of hydrogen-bond acceptors (Lipinski definition) is 2. The molecule has 0 unspecified atom stereocenters. The third-order valence-electron chi connectivity index (χ3n) is 2.45. The Morgan fingerprint density at radius 1 is 1.27 bits per heavy atom. The van der Waals surface area contributed by atoms with Crippen molar-refractivity contribution >= 4 is 35.1 Å². The molecular weight excluding hydrogens is 226 g/mol. The molecule has 1 aromatic heterocycles. The molecule has 1 nitrogen and oxygen atoms in total. The third kappa shape index (κ3) is 1.97. The minimum Gasteiger partial charge on any atom is -0.253 e. The van der Waals surface area contributed by atoms with E-state index < -0.39 is 0 Å². The van der Waals surface area contributed by atoms with Crippen LogP contribution in [0, 0.1) is 13.8 Å². The van der Waals surface area contributed by atoms with Crippen molar-refractivity contribution in [3.63, 3.8) is 0 Å². The van der Waals surface area contributed by atoms with Crippen molar-refractivity contribution in [1.82, 2.24) is 4.98 Å². The van der Waals surface area contributed by atoms with Gasteiger partial charge in [0.1, 0.15) is 0 Å². The number of rotatable bonds is 1. The lowest BCUT2D eigenvalue weighted by atomic mass is 10.1. The highest BCUT2D eigenvalue weighted by atomic mass is 35.5. The highest BCUT2D eigenvalue weighted by Gasteiger charge is 2.06. The molecule has 2 aromatic rings. The van der Waals surface area contributed by atoms with E-state index in [1.807, 2.05) is 26.0 Å². The van der Waals surface area contributed by atoms with Gasteiger partial charge in [0, 0.05) is 21.9 Å². The van der Waals surface area contributed by atoms with Gasteiger partial charge in [0.25, 0.3) is 0 Å². The fourth-order valence-corrected chi connectivity index (χ4v) is 2.33. The van der Waals surface area contributed by atoms with Crippen LogP contribution in [0.3, 0.4) is 0 Å². The van der Waals surface area contributed by atoms with Crippen LogP contribution in [0.2, 0.25) is 5.02 Å². The van der Waals surface area contributed by atoms with Crippen LogP contribution < -0.4 is 0 Å². The number of nitrogens with zero attached hydrogens (tertiary/aromatic N) is 1. The monoisotopic (exact) mass is 237 g/mol. The quantitative estimate of drug-likeness (QED) is 0.742. The summed E-state index contributed by atoms with van der Waals surface area (Å²) in [7, 11) is 0. The number of aromatic nitrogens is 1. The van der Waals surface area contributed by atoms with E-state index in [-0.39, 0.29) is 0 Å². The Morgan fingerprint density at radius 3 is 2.67 bits per heavy atom. The summed E-state index contributed by atoms with van der Waals surface area (Å²) >= 11 is 10.4. The molecule has 78 valence electrons. The number of aryl methyl sites for hydroxylation is 2. The molecule has 2 rings (SSSR count). The second-order valence-corrected chi connectivity index (χ2v) is 4.45. The van der Waals surface area contributed by atoms with Crippen LogP contribution in [-0.2, 0) is 5.75 Å². The summed E-state index contributed by atoms with van der Waals surface area (Å²) in [6.07, 6.45) is 0. The molecule has 0 N–H and O–H groups in total. The molecule has 0 spiro atoms. The van der Waals surface area contributed by atoms with Crippen molar-refractivity contribution in [2.45, 2.75) is 19.6 Å². The van der Waals surface area contributed by atoms with Gasteiger partial charge in [-0.15, -0.1) is 0 Å². The standard InChI is InChI=1S/C12H12ClNS/c1-7-3-10(13)5-11-9(6-15)4-8(2)14-12(7)11/h3-5,15H,6H2,1-2H3. The average molecular weight is 238 g/mol. The van der Waals surface area contributed by atoms with E-state index in [1.165, 1.54) is 5.56 Å². The van der Waals surface area contributed by atoms with Crippen LogP contribution in [-0.4, -0.2) is 4.98 Å². The number of hydrogen-bond donors (Lipinski definition) is 1. The minimum absolute atomic E-state index is 0.708. The zero-order valence-corrected chi connectivity index (χ0v) is 10.4. The van der Waals surface area contributed by atoms with Crippen LogP contribution in [0.1, 0.15) is 16.8 Å². The van der Waals surface area contributed by atoms with Crippen LogP contribution in [0.4, 0.5) is 0 Å². The summed E-state index contributed by atoms with van der Waals surface area (Å²) in [5.74, 6) is 0.708. The van der Waals surface area contributed by atoms with Gasteiger partial charge in [-0.05, 0) is 43.2 Å². The summed E-state index contributed by atoms with van der Waals surface area (Å²) in [5, 5.41) is 1.87. The maximum atomic E-state index is 6.04. The van der Waals surface area contributed by atoms with E-state index in [1.54, 1.807) is 0 Å². The van der Waals surface area contributed by atoms with Crippen molar-refractivity contribution in [2.24, 2.45) is 0 Å². The smallest absolute Gasteiger partial charge is 0.0738 e. The van der Waals surface area contributed by atoms with E-state index in [0.29, 0.717) is 5.75 Å². The molecule has 1 heterocycles. The second-order valence-electron chi connectivity index (χ2n) is 3.70. The molecule has 15 heavy (non-hydrogen) atoms. The zero-order chi connectivity index (χ0) is 11.0. The SMILES string of the molecule is Cc1cc(CS)c2cc(Cl)cc(C)c2n1. The lowest BCUT2D eigenvalue weighted by Crippen LogP contribution is -1.92. The van der Waals surface area contributed by atoms with E-state index in [9.17, 15) is 0 Å². The lowest BCUT2D eigenvalue weighted by molar-refractivity contribution is 1.22. The Bertz CT molecular complexity index is 523. The van der Waals surface area contributed by atoms with Gasteiger partial charge >= 0.3 is 0 Å². The third-order valence-corrected chi connectivity index (χ3v) is 3.01. The summed E-state index contributed by atoms with van der Waals surface area (Å²) in [6.45, 7) is 4.03. The minimum atomic E-state index is 0.708. The van der Waals surface area contributed by atoms with Crippen molar-refractivity contribution in [3.8, 4) is 0 Å². The normalized spacial score (nSPS) is 10.9. The molecule has 0 amide bonds.